The van der Waals surface area contributed by atoms with E-state index < -0.39 is 0 Å². The van der Waals surface area contributed by atoms with Crippen LogP contribution in [0.4, 0.5) is 0 Å². The van der Waals surface area contributed by atoms with E-state index in [1.165, 1.54) is 36.8 Å². The van der Waals surface area contributed by atoms with Gasteiger partial charge in [0.1, 0.15) is 5.69 Å². The van der Waals surface area contributed by atoms with Crippen LogP contribution in [0.3, 0.4) is 0 Å². The van der Waals surface area contributed by atoms with Crippen LogP contribution in [-0.2, 0) is 0 Å². The Morgan fingerprint density at radius 1 is 0.812 bits per heavy atom. The van der Waals surface area contributed by atoms with Gasteiger partial charge < -0.3 is 5.32 Å². The number of nitrogens with one attached hydrogen (secondary N) is 1. The molecule has 32 heavy (non-hydrogen) atoms. The summed E-state index contributed by atoms with van der Waals surface area (Å²) in [5.41, 5.74) is 6.01. The molecule has 2 fully saturated rings. The normalized spacial score (nSPS) is 17.6. The molecule has 4 aromatic rings. The first kappa shape index (κ1) is 19.3. The van der Waals surface area contributed by atoms with Crippen molar-refractivity contribution in [3.63, 3.8) is 0 Å². The van der Waals surface area contributed by atoms with E-state index in [-0.39, 0.29) is 0 Å². The quantitative estimate of drug-likeness (QED) is 0.417. The molecule has 0 radical (unpaired) electrons. The third-order valence-electron chi connectivity index (χ3n) is 7.29. The van der Waals surface area contributed by atoms with Gasteiger partial charge >= 0.3 is 0 Å². The topological polar surface area (TPSA) is 29.9 Å². The fraction of sp³-hybridized carbons (Fsp3) is 0.276. The summed E-state index contributed by atoms with van der Waals surface area (Å²) in [6, 6.07) is 27.9. The van der Waals surface area contributed by atoms with Crippen LogP contribution in [0.1, 0.15) is 43.0 Å². The van der Waals surface area contributed by atoms with Crippen LogP contribution in [-0.4, -0.2) is 22.9 Å². The molecular weight excluding hydrogens is 390 g/mol. The molecule has 6 rings (SSSR count). The van der Waals surface area contributed by atoms with Gasteiger partial charge in [-0.3, -0.25) is 4.68 Å². The lowest BCUT2D eigenvalue weighted by molar-refractivity contribution is 0.0251. The van der Waals surface area contributed by atoms with E-state index >= 15 is 0 Å². The predicted octanol–water partition coefficient (Wildman–Crippen LogP) is 5.81. The maximum atomic E-state index is 5.03. The number of hydrogen-bond donors (Lipinski definition) is 1. The molecule has 3 nitrogen and oxygen atoms in total. The second kappa shape index (κ2) is 7.97. The summed E-state index contributed by atoms with van der Waals surface area (Å²) in [5.74, 6) is 6.85. The van der Waals surface area contributed by atoms with Crippen molar-refractivity contribution in [2.45, 2.75) is 31.7 Å². The maximum Gasteiger partial charge on any atom is 0.143 e. The molecule has 0 atom stereocenters. The summed E-state index contributed by atoms with van der Waals surface area (Å²) in [6.45, 7) is 2.31. The van der Waals surface area contributed by atoms with Crippen molar-refractivity contribution in [3.8, 4) is 23.0 Å². The van der Waals surface area contributed by atoms with E-state index in [2.05, 4.69) is 94.6 Å². The molecule has 0 bridgehead atoms. The van der Waals surface area contributed by atoms with Gasteiger partial charge in [-0.05, 0) is 79.4 Å². The molecule has 2 aliphatic rings. The van der Waals surface area contributed by atoms with Gasteiger partial charge in [-0.25, -0.2) is 0 Å². The Hall–Kier alpha value is -3.35. The largest absolute Gasteiger partial charge is 0.317 e. The third-order valence-corrected chi connectivity index (χ3v) is 7.29. The Labute approximate surface area is 189 Å². The van der Waals surface area contributed by atoms with Crippen molar-refractivity contribution in [2.75, 3.05) is 13.1 Å². The number of para-hydroxylation sites is 1. The molecule has 0 amide bonds. The van der Waals surface area contributed by atoms with Crippen LogP contribution in [0.5, 0.6) is 0 Å². The van der Waals surface area contributed by atoms with Gasteiger partial charge in [0.25, 0.3) is 0 Å². The smallest absolute Gasteiger partial charge is 0.143 e. The van der Waals surface area contributed by atoms with Crippen LogP contribution >= 0.6 is 0 Å². The number of hydrogen-bond acceptors (Lipinski definition) is 2. The average Bonchev–Trinajstić information content (AvgIpc) is 3.21. The minimum Gasteiger partial charge on any atom is -0.317 e. The number of nitrogens with zero attached hydrogens (tertiary/aromatic N) is 2. The van der Waals surface area contributed by atoms with E-state index in [1.54, 1.807) is 0 Å². The fourth-order valence-corrected chi connectivity index (χ4v) is 5.53. The zero-order valence-corrected chi connectivity index (χ0v) is 18.2. The van der Waals surface area contributed by atoms with Crippen molar-refractivity contribution in [3.05, 3.63) is 90.1 Å². The van der Waals surface area contributed by atoms with E-state index in [0.717, 1.165) is 35.3 Å². The number of benzene rings is 3. The fourth-order valence-electron chi connectivity index (χ4n) is 5.53. The molecule has 3 heteroatoms. The Kier molecular flexibility index (Phi) is 4.82. The molecule has 1 aromatic heterocycles. The zero-order chi connectivity index (χ0) is 21.4. The van der Waals surface area contributed by atoms with Gasteiger partial charge in [-0.15, -0.1) is 0 Å². The predicted molar refractivity (Wildman–Crippen MR) is 130 cm³/mol. The first-order valence-electron chi connectivity index (χ1n) is 11.7. The molecule has 2 heterocycles. The van der Waals surface area contributed by atoms with Crippen molar-refractivity contribution in [2.24, 2.45) is 5.41 Å². The highest BCUT2D eigenvalue weighted by Gasteiger charge is 2.46. The van der Waals surface area contributed by atoms with Crippen LogP contribution in [0.25, 0.3) is 22.0 Å². The van der Waals surface area contributed by atoms with Crippen molar-refractivity contribution < 1.29 is 0 Å². The lowest BCUT2D eigenvalue weighted by Crippen LogP contribution is -2.46. The van der Waals surface area contributed by atoms with Gasteiger partial charge in [0.05, 0.1) is 11.6 Å². The number of fused-ring (bicyclic) bond motifs is 1. The van der Waals surface area contributed by atoms with Crippen LogP contribution in [0, 0.1) is 17.3 Å². The molecule has 0 unspecified atom stereocenters. The molecule has 1 N–H and O–H groups in total. The minimum absolute atomic E-state index is 0.491. The first-order chi connectivity index (χ1) is 15.8. The van der Waals surface area contributed by atoms with E-state index in [9.17, 15) is 0 Å². The lowest BCUT2D eigenvalue weighted by Gasteiger charge is -2.50. The first-order valence-corrected chi connectivity index (χ1v) is 11.7. The molecule has 1 spiro atoms. The number of rotatable bonds is 2. The molecular formula is C29H27N3. The van der Waals surface area contributed by atoms with E-state index in [0.29, 0.717) is 11.5 Å². The van der Waals surface area contributed by atoms with Gasteiger partial charge in [0, 0.05) is 10.9 Å². The Bertz CT molecular complexity index is 1310. The van der Waals surface area contributed by atoms with Crippen molar-refractivity contribution in [1.29, 1.82) is 0 Å². The summed E-state index contributed by atoms with van der Waals surface area (Å²) in [5, 5.41) is 9.69. The summed E-state index contributed by atoms with van der Waals surface area (Å²) in [4.78, 5) is 0. The highest BCUT2D eigenvalue weighted by atomic mass is 15.3. The maximum absolute atomic E-state index is 5.03. The van der Waals surface area contributed by atoms with Gasteiger partial charge in [-0.1, -0.05) is 66.6 Å². The number of aromatic nitrogens is 2. The Balaban J connectivity index is 1.35. The summed E-state index contributed by atoms with van der Waals surface area (Å²) < 4.78 is 2.26. The molecule has 158 valence electrons. The summed E-state index contributed by atoms with van der Waals surface area (Å²) in [6.07, 6.45) is 5.07. The van der Waals surface area contributed by atoms with Crippen LogP contribution < -0.4 is 5.32 Å². The second-order valence-electron chi connectivity index (χ2n) is 9.28. The molecule has 1 saturated carbocycles. The molecule has 3 aromatic carbocycles. The van der Waals surface area contributed by atoms with Gasteiger partial charge in [-0.2, -0.15) is 5.10 Å². The van der Waals surface area contributed by atoms with Crippen LogP contribution in [0.15, 0.2) is 78.9 Å². The molecule has 1 aliphatic heterocycles. The highest BCUT2D eigenvalue weighted by Crippen LogP contribution is 2.54. The molecule has 1 saturated heterocycles. The van der Waals surface area contributed by atoms with Crippen molar-refractivity contribution in [1.82, 2.24) is 15.1 Å². The second-order valence-corrected chi connectivity index (χ2v) is 9.28. The van der Waals surface area contributed by atoms with Crippen molar-refractivity contribution >= 4 is 10.9 Å². The van der Waals surface area contributed by atoms with Crippen LogP contribution in [0.2, 0.25) is 0 Å². The van der Waals surface area contributed by atoms with E-state index in [1.807, 2.05) is 6.07 Å². The van der Waals surface area contributed by atoms with Gasteiger partial charge in [0.15, 0.2) is 0 Å². The standard InChI is InChI=1S/C29H27N3/c1-2-8-22(9-3-1)25-11-5-4-10-23(25)14-15-27-26-12-6-7-13-28(26)32(31-27)24-20-29(21-24)16-18-30-19-17-29/h1-13,24,30H,16-21H2. The van der Waals surface area contributed by atoms with E-state index in [4.69, 9.17) is 5.10 Å². The average molecular weight is 418 g/mol. The third kappa shape index (κ3) is 3.42. The monoisotopic (exact) mass is 417 g/mol. The lowest BCUT2D eigenvalue weighted by atomic mass is 9.60. The highest BCUT2D eigenvalue weighted by molar-refractivity contribution is 5.85. The Morgan fingerprint density at radius 3 is 2.38 bits per heavy atom. The minimum atomic E-state index is 0.491. The summed E-state index contributed by atoms with van der Waals surface area (Å²) >= 11 is 0. The zero-order valence-electron chi connectivity index (χ0n) is 18.2. The van der Waals surface area contributed by atoms with Gasteiger partial charge in [0.2, 0.25) is 0 Å². The summed E-state index contributed by atoms with van der Waals surface area (Å²) in [7, 11) is 0. The SMILES string of the molecule is C(#Cc1nn(C2CC3(CCNCC3)C2)c2ccccc12)c1ccccc1-c1ccccc1. The molecule has 1 aliphatic carbocycles. The number of piperidine rings is 1. The Morgan fingerprint density at radius 2 is 1.53 bits per heavy atom.